The number of fused-ring (bicyclic) bond motifs is 1. The molecule has 0 aromatic heterocycles. The molecule has 3 fully saturated rings. The van der Waals surface area contributed by atoms with Crippen molar-refractivity contribution in [3.8, 4) is 5.75 Å². The third kappa shape index (κ3) is 1.23. The second-order valence-electron chi connectivity index (χ2n) is 4.62. The Bertz CT molecular complexity index is 374. The second kappa shape index (κ2) is 3.14. The smallest absolute Gasteiger partial charge is 0.117 e. The van der Waals surface area contributed by atoms with Crippen LogP contribution in [0, 0.1) is 5.92 Å². The Labute approximate surface area is 89.5 Å². The largest absolute Gasteiger partial charge is 0.508 e. The van der Waals surface area contributed by atoms with E-state index < -0.39 is 0 Å². The number of nitrogens with zero attached hydrogens (tertiary/aromatic N) is 1. The van der Waals surface area contributed by atoms with E-state index in [2.05, 4.69) is 11.0 Å². The summed E-state index contributed by atoms with van der Waals surface area (Å²) in [5.41, 5.74) is 6.93. The van der Waals surface area contributed by atoms with Gasteiger partial charge in [0, 0.05) is 30.4 Å². The molecule has 0 radical (unpaired) electrons. The fraction of sp³-hybridized carbons (Fsp3) is 0.500. The molecule has 2 aliphatic heterocycles. The Morgan fingerprint density at radius 3 is 2.87 bits per heavy atom. The Kier molecular flexibility index (Phi) is 1.89. The number of phenolic OH excluding ortho intramolecular Hbond substituents is 1. The van der Waals surface area contributed by atoms with Gasteiger partial charge in [-0.05, 0) is 30.9 Å². The summed E-state index contributed by atoms with van der Waals surface area (Å²) in [7, 11) is 0. The van der Waals surface area contributed by atoms with Gasteiger partial charge in [0.05, 0.1) is 0 Å². The first-order valence-electron chi connectivity index (χ1n) is 5.57. The summed E-state index contributed by atoms with van der Waals surface area (Å²) in [6.07, 6.45) is 2.55. The lowest BCUT2D eigenvalue weighted by molar-refractivity contribution is 0.354. The van der Waals surface area contributed by atoms with Crippen molar-refractivity contribution in [3.63, 3.8) is 0 Å². The van der Waals surface area contributed by atoms with Gasteiger partial charge in [-0.25, -0.2) is 0 Å². The Morgan fingerprint density at radius 1 is 1.40 bits per heavy atom. The van der Waals surface area contributed by atoms with Crippen LogP contribution >= 0.6 is 0 Å². The maximum Gasteiger partial charge on any atom is 0.117 e. The lowest BCUT2D eigenvalue weighted by Gasteiger charge is -2.28. The number of benzene rings is 1. The number of aromatic hydroxyl groups is 1. The van der Waals surface area contributed by atoms with Crippen molar-refractivity contribution >= 4 is 5.69 Å². The highest BCUT2D eigenvalue weighted by Crippen LogP contribution is 2.47. The van der Waals surface area contributed by atoms with Crippen molar-refractivity contribution in [2.45, 2.75) is 24.9 Å². The molecule has 1 atom stereocenters. The molecule has 2 heterocycles. The van der Waals surface area contributed by atoms with Gasteiger partial charge in [-0.15, -0.1) is 0 Å². The van der Waals surface area contributed by atoms with Crippen molar-refractivity contribution in [1.29, 1.82) is 0 Å². The van der Waals surface area contributed by atoms with Crippen molar-refractivity contribution in [1.82, 2.24) is 0 Å². The second-order valence-corrected chi connectivity index (χ2v) is 4.62. The SMILES string of the molecule is NCC1C2CC(C2)N1c1cccc(O)c1. The van der Waals surface area contributed by atoms with E-state index in [0.29, 0.717) is 17.8 Å². The minimum atomic E-state index is 0.340. The highest BCUT2D eigenvalue weighted by Gasteiger charge is 2.49. The maximum atomic E-state index is 9.47. The molecule has 2 bridgehead atoms. The fourth-order valence-corrected chi connectivity index (χ4v) is 3.03. The van der Waals surface area contributed by atoms with Crippen LogP contribution in [-0.4, -0.2) is 23.7 Å². The number of nitrogens with two attached hydrogens (primary N) is 1. The number of rotatable bonds is 2. The van der Waals surface area contributed by atoms with Crippen LogP contribution < -0.4 is 10.6 Å². The number of anilines is 1. The lowest BCUT2D eigenvalue weighted by Crippen LogP contribution is -2.36. The van der Waals surface area contributed by atoms with Crippen molar-refractivity contribution in [2.75, 3.05) is 11.4 Å². The third-order valence-electron chi connectivity index (χ3n) is 3.81. The van der Waals surface area contributed by atoms with Crippen LogP contribution in [0.15, 0.2) is 24.3 Å². The zero-order chi connectivity index (χ0) is 10.4. The lowest BCUT2D eigenvalue weighted by atomic mass is 9.83. The molecule has 3 aliphatic rings. The number of hydrogen-bond acceptors (Lipinski definition) is 3. The van der Waals surface area contributed by atoms with Gasteiger partial charge in [0.2, 0.25) is 0 Å². The Hall–Kier alpha value is -1.22. The molecule has 15 heavy (non-hydrogen) atoms. The summed E-state index contributed by atoms with van der Waals surface area (Å²) in [6.45, 7) is 0.719. The molecular weight excluding hydrogens is 188 g/mol. The number of hydrogen-bond donors (Lipinski definition) is 2. The van der Waals surface area contributed by atoms with Crippen molar-refractivity contribution < 1.29 is 5.11 Å². The van der Waals surface area contributed by atoms with E-state index in [1.165, 1.54) is 12.8 Å². The summed E-state index contributed by atoms with van der Waals surface area (Å²) in [6, 6.07) is 8.64. The molecule has 2 saturated heterocycles. The molecule has 1 saturated carbocycles. The van der Waals surface area contributed by atoms with Gasteiger partial charge in [-0.2, -0.15) is 0 Å². The molecular formula is C12H16N2O. The molecule has 3 nitrogen and oxygen atoms in total. The van der Waals surface area contributed by atoms with E-state index in [-0.39, 0.29) is 0 Å². The molecule has 1 aromatic carbocycles. The molecule has 0 spiro atoms. The first-order valence-corrected chi connectivity index (χ1v) is 5.57. The first kappa shape index (κ1) is 9.04. The van der Waals surface area contributed by atoms with E-state index >= 15 is 0 Å². The average molecular weight is 204 g/mol. The summed E-state index contributed by atoms with van der Waals surface area (Å²) in [4.78, 5) is 2.39. The predicted octanol–water partition coefficient (Wildman–Crippen LogP) is 1.32. The van der Waals surface area contributed by atoms with Crippen LogP contribution in [0.5, 0.6) is 5.75 Å². The molecule has 80 valence electrons. The summed E-state index contributed by atoms with van der Waals surface area (Å²) >= 11 is 0. The van der Waals surface area contributed by atoms with Gasteiger partial charge in [0.1, 0.15) is 5.75 Å². The zero-order valence-corrected chi connectivity index (χ0v) is 8.63. The predicted molar refractivity (Wildman–Crippen MR) is 59.9 cm³/mol. The van der Waals surface area contributed by atoms with Crippen LogP contribution in [0.2, 0.25) is 0 Å². The Morgan fingerprint density at radius 2 is 2.20 bits per heavy atom. The van der Waals surface area contributed by atoms with Gasteiger partial charge < -0.3 is 15.7 Å². The van der Waals surface area contributed by atoms with Crippen LogP contribution in [-0.2, 0) is 0 Å². The van der Waals surface area contributed by atoms with Crippen LogP contribution in [0.1, 0.15) is 12.8 Å². The molecule has 3 heteroatoms. The van der Waals surface area contributed by atoms with Crippen LogP contribution in [0.4, 0.5) is 5.69 Å². The summed E-state index contributed by atoms with van der Waals surface area (Å²) in [5.74, 6) is 1.12. The van der Waals surface area contributed by atoms with Crippen molar-refractivity contribution in [3.05, 3.63) is 24.3 Å². The summed E-state index contributed by atoms with van der Waals surface area (Å²) < 4.78 is 0. The standard InChI is InChI=1S/C12H16N2O/c13-7-12-8-4-10(5-8)14(12)9-2-1-3-11(15)6-9/h1-3,6,8,10,12,15H,4-5,7,13H2. The van der Waals surface area contributed by atoms with Gasteiger partial charge >= 0.3 is 0 Å². The van der Waals surface area contributed by atoms with Crippen LogP contribution in [0.3, 0.4) is 0 Å². The van der Waals surface area contributed by atoms with E-state index in [4.69, 9.17) is 5.73 Å². The van der Waals surface area contributed by atoms with Gasteiger partial charge in [-0.1, -0.05) is 6.07 Å². The minimum absolute atomic E-state index is 0.340. The minimum Gasteiger partial charge on any atom is -0.508 e. The molecule has 0 amide bonds. The average Bonchev–Trinajstić information content (AvgIpc) is 2.69. The highest BCUT2D eigenvalue weighted by molar-refractivity contribution is 5.55. The number of phenols is 1. The quantitative estimate of drug-likeness (QED) is 0.763. The Balaban J connectivity index is 1.93. The van der Waals surface area contributed by atoms with Gasteiger partial charge in [0.25, 0.3) is 0 Å². The van der Waals surface area contributed by atoms with E-state index in [9.17, 15) is 5.11 Å². The molecule has 1 unspecified atom stereocenters. The maximum absolute atomic E-state index is 9.47. The normalized spacial score (nSPS) is 32.9. The topological polar surface area (TPSA) is 49.5 Å². The monoisotopic (exact) mass is 204 g/mol. The molecule has 1 aromatic rings. The molecule has 4 rings (SSSR count). The van der Waals surface area contributed by atoms with E-state index in [0.717, 1.165) is 18.2 Å². The first-order chi connectivity index (χ1) is 7.29. The summed E-state index contributed by atoms with van der Waals surface area (Å²) in [5, 5.41) is 9.47. The van der Waals surface area contributed by atoms with Gasteiger partial charge in [0.15, 0.2) is 0 Å². The highest BCUT2D eigenvalue weighted by atomic mass is 16.3. The van der Waals surface area contributed by atoms with E-state index in [1.54, 1.807) is 6.07 Å². The third-order valence-corrected chi connectivity index (χ3v) is 3.81. The molecule has 3 N–H and O–H groups in total. The van der Waals surface area contributed by atoms with Crippen molar-refractivity contribution in [2.24, 2.45) is 11.7 Å². The van der Waals surface area contributed by atoms with E-state index in [1.807, 2.05) is 12.1 Å². The van der Waals surface area contributed by atoms with Gasteiger partial charge in [-0.3, -0.25) is 0 Å². The fourth-order valence-electron chi connectivity index (χ4n) is 3.03. The zero-order valence-electron chi connectivity index (χ0n) is 8.63. The van der Waals surface area contributed by atoms with Crippen LogP contribution in [0.25, 0.3) is 0 Å². The molecule has 1 aliphatic carbocycles.